The lowest BCUT2D eigenvalue weighted by atomic mass is 9.84. The van der Waals surface area contributed by atoms with Crippen LogP contribution in [0, 0.1) is 5.92 Å². The van der Waals surface area contributed by atoms with E-state index < -0.39 is 5.97 Å². The third-order valence-electron chi connectivity index (χ3n) is 4.08. The van der Waals surface area contributed by atoms with Crippen LogP contribution in [0.15, 0.2) is 18.2 Å². The first-order valence-electron chi connectivity index (χ1n) is 6.99. The van der Waals surface area contributed by atoms with E-state index in [1.54, 1.807) is 12.1 Å². The van der Waals surface area contributed by atoms with Crippen molar-refractivity contribution in [1.82, 2.24) is 0 Å². The van der Waals surface area contributed by atoms with Gasteiger partial charge in [-0.05, 0) is 49.8 Å². The van der Waals surface area contributed by atoms with Gasteiger partial charge in [0.2, 0.25) is 0 Å². The Morgan fingerprint density at radius 1 is 1.37 bits per heavy atom. The van der Waals surface area contributed by atoms with Crippen LogP contribution < -0.4 is 11.1 Å². The number of carboxylic acids is 1. The molecular formula is C15H22N2O2. The molecule has 2 rings (SSSR count). The van der Waals surface area contributed by atoms with E-state index in [0.717, 1.165) is 24.4 Å². The van der Waals surface area contributed by atoms with Crippen LogP contribution in [0.1, 0.15) is 49.4 Å². The van der Waals surface area contributed by atoms with Crippen molar-refractivity contribution in [3.05, 3.63) is 23.8 Å². The Morgan fingerprint density at radius 3 is 2.63 bits per heavy atom. The molecule has 1 saturated carbocycles. The summed E-state index contributed by atoms with van der Waals surface area (Å²) in [5.74, 6) is -0.116. The van der Waals surface area contributed by atoms with Gasteiger partial charge in [-0.25, -0.2) is 4.79 Å². The van der Waals surface area contributed by atoms with Gasteiger partial charge >= 0.3 is 5.97 Å². The SMILES string of the molecule is CCC1CCC(Nc2ccc(N)c(C(=O)O)c2)CC1. The fourth-order valence-electron chi connectivity index (χ4n) is 2.78. The van der Waals surface area contributed by atoms with Crippen LogP contribution >= 0.6 is 0 Å². The summed E-state index contributed by atoms with van der Waals surface area (Å²) in [6.07, 6.45) is 6.10. The Morgan fingerprint density at radius 2 is 2.05 bits per heavy atom. The number of rotatable bonds is 4. The van der Waals surface area contributed by atoms with Gasteiger partial charge in [0, 0.05) is 17.4 Å². The van der Waals surface area contributed by atoms with E-state index in [-0.39, 0.29) is 5.56 Å². The first kappa shape index (κ1) is 13.7. The second-order valence-corrected chi connectivity index (χ2v) is 5.38. The average Bonchev–Trinajstić information content (AvgIpc) is 2.41. The highest BCUT2D eigenvalue weighted by molar-refractivity contribution is 5.94. The Kier molecular flexibility index (Phi) is 4.30. The molecule has 0 atom stereocenters. The molecule has 1 aliphatic carbocycles. The van der Waals surface area contributed by atoms with Crippen molar-refractivity contribution in [3.63, 3.8) is 0 Å². The molecule has 0 bridgehead atoms. The van der Waals surface area contributed by atoms with E-state index in [0.29, 0.717) is 11.7 Å². The second-order valence-electron chi connectivity index (χ2n) is 5.38. The van der Waals surface area contributed by atoms with Crippen molar-refractivity contribution in [3.8, 4) is 0 Å². The minimum absolute atomic E-state index is 0.173. The van der Waals surface area contributed by atoms with Crippen LogP contribution in [-0.2, 0) is 0 Å². The molecule has 1 aromatic rings. The molecule has 104 valence electrons. The molecule has 1 aliphatic rings. The lowest BCUT2D eigenvalue weighted by molar-refractivity contribution is 0.0698. The predicted molar refractivity (Wildman–Crippen MR) is 77.5 cm³/mol. The highest BCUT2D eigenvalue weighted by Crippen LogP contribution is 2.29. The van der Waals surface area contributed by atoms with Gasteiger partial charge in [0.1, 0.15) is 0 Å². The molecule has 0 radical (unpaired) electrons. The van der Waals surface area contributed by atoms with Crippen molar-refractivity contribution < 1.29 is 9.90 Å². The predicted octanol–water partition coefficient (Wildman–Crippen LogP) is 3.35. The number of carbonyl (C=O) groups is 1. The minimum Gasteiger partial charge on any atom is -0.478 e. The maximum Gasteiger partial charge on any atom is 0.337 e. The Bertz CT molecular complexity index is 451. The molecule has 0 saturated heterocycles. The monoisotopic (exact) mass is 262 g/mol. The number of benzene rings is 1. The lowest BCUT2D eigenvalue weighted by Gasteiger charge is -2.29. The summed E-state index contributed by atoms with van der Waals surface area (Å²) in [5, 5.41) is 12.5. The fourth-order valence-corrected chi connectivity index (χ4v) is 2.78. The summed E-state index contributed by atoms with van der Waals surface area (Å²) in [7, 11) is 0. The number of hydrogen-bond acceptors (Lipinski definition) is 3. The molecule has 0 unspecified atom stereocenters. The first-order chi connectivity index (χ1) is 9.10. The number of nitrogens with two attached hydrogens (primary N) is 1. The van der Waals surface area contributed by atoms with Crippen LogP contribution in [0.4, 0.5) is 11.4 Å². The normalized spacial score (nSPS) is 23.0. The molecule has 4 heteroatoms. The zero-order chi connectivity index (χ0) is 13.8. The van der Waals surface area contributed by atoms with E-state index in [9.17, 15) is 4.79 Å². The molecule has 0 spiro atoms. The molecule has 19 heavy (non-hydrogen) atoms. The molecule has 0 aliphatic heterocycles. The summed E-state index contributed by atoms with van der Waals surface area (Å²) in [5.41, 5.74) is 6.99. The molecule has 0 aromatic heterocycles. The van der Waals surface area contributed by atoms with E-state index in [1.807, 2.05) is 6.07 Å². The van der Waals surface area contributed by atoms with Crippen LogP contribution in [0.3, 0.4) is 0 Å². The van der Waals surface area contributed by atoms with Crippen LogP contribution in [0.25, 0.3) is 0 Å². The van der Waals surface area contributed by atoms with Gasteiger partial charge in [-0.15, -0.1) is 0 Å². The Labute approximate surface area is 114 Å². The van der Waals surface area contributed by atoms with Crippen molar-refractivity contribution in [2.75, 3.05) is 11.1 Å². The summed E-state index contributed by atoms with van der Waals surface area (Å²) in [4.78, 5) is 11.0. The maximum atomic E-state index is 11.0. The smallest absolute Gasteiger partial charge is 0.337 e. The van der Waals surface area contributed by atoms with Gasteiger partial charge in [0.25, 0.3) is 0 Å². The van der Waals surface area contributed by atoms with Crippen LogP contribution in [0.2, 0.25) is 0 Å². The zero-order valence-corrected chi connectivity index (χ0v) is 11.4. The number of carboxylic acid groups (broad SMARTS) is 1. The average molecular weight is 262 g/mol. The topological polar surface area (TPSA) is 75.3 Å². The van der Waals surface area contributed by atoms with Gasteiger partial charge in [-0.3, -0.25) is 0 Å². The number of nitrogens with one attached hydrogen (secondary N) is 1. The Balaban J connectivity index is 2.00. The standard InChI is InChI=1S/C15H22N2O2/c1-2-10-3-5-11(6-4-10)17-12-7-8-14(16)13(9-12)15(18)19/h7-11,17H,2-6,16H2,1H3,(H,18,19). The van der Waals surface area contributed by atoms with Crippen molar-refractivity contribution >= 4 is 17.3 Å². The van der Waals surface area contributed by atoms with Gasteiger partial charge in [-0.2, -0.15) is 0 Å². The second kappa shape index (κ2) is 5.95. The maximum absolute atomic E-state index is 11.0. The van der Waals surface area contributed by atoms with E-state index in [1.165, 1.54) is 19.3 Å². The van der Waals surface area contributed by atoms with E-state index in [4.69, 9.17) is 10.8 Å². The number of hydrogen-bond donors (Lipinski definition) is 3. The largest absolute Gasteiger partial charge is 0.478 e. The van der Waals surface area contributed by atoms with Crippen molar-refractivity contribution in [1.29, 1.82) is 0 Å². The van der Waals surface area contributed by atoms with E-state index >= 15 is 0 Å². The van der Waals surface area contributed by atoms with Crippen LogP contribution in [0.5, 0.6) is 0 Å². The molecule has 0 amide bonds. The van der Waals surface area contributed by atoms with Gasteiger partial charge < -0.3 is 16.2 Å². The molecular weight excluding hydrogens is 240 g/mol. The van der Waals surface area contributed by atoms with Gasteiger partial charge in [-0.1, -0.05) is 13.3 Å². The van der Waals surface area contributed by atoms with Crippen LogP contribution in [-0.4, -0.2) is 17.1 Å². The Hall–Kier alpha value is -1.71. The molecule has 0 heterocycles. The highest BCUT2D eigenvalue weighted by Gasteiger charge is 2.20. The molecule has 1 aromatic carbocycles. The van der Waals surface area contributed by atoms with Crippen molar-refractivity contribution in [2.24, 2.45) is 5.92 Å². The number of anilines is 2. The quantitative estimate of drug-likeness (QED) is 0.727. The highest BCUT2D eigenvalue weighted by atomic mass is 16.4. The summed E-state index contributed by atoms with van der Waals surface area (Å²) >= 11 is 0. The zero-order valence-electron chi connectivity index (χ0n) is 11.4. The third kappa shape index (κ3) is 3.40. The molecule has 1 fully saturated rings. The van der Waals surface area contributed by atoms with Crippen molar-refractivity contribution in [2.45, 2.75) is 45.1 Å². The number of nitrogen functional groups attached to an aromatic ring is 1. The fraction of sp³-hybridized carbons (Fsp3) is 0.533. The summed E-state index contributed by atoms with van der Waals surface area (Å²) < 4.78 is 0. The summed E-state index contributed by atoms with van der Waals surface area (Å²) in [6, 6.07) is 5.59. The van der Waals surface area contributed by atoms with Gasteiger partial charge in [0.15, 0.2) is 0 Å². The summed E-state index contributed by atoms with van der Waals surface area (Å²) in [6.45, 7) is 2.25. The minimum atomic E-state index is -0.976. The molecule has 4 N–H and O–H groups in total. The lowest BCUT2D eigenvalue weighted by Crippen LogP contribution is -2.26. The first-order valence-corrected chi connectivity index (χ1v) is 6.99. The van der Waals surface area contributed by atoms with E-state index in [2.05, 4.69) is 12.2 Å². The third-order valence-corrected chi connectivity index (χ3v) is 4.08. The number of aromatic carboxylic acids is 1. The van der Waals surface area contributed by atoms with Gasteiger partial charge in [0.05, 0.1) is 5.56 Å². The molecule has 4 nitrogen and oxygen atoms in total.